The molecule has 0 radical (unpaired) electrons. The number of rotatable bonds is 5. The maximum atomic E-state index is 13.0. The topological polar surface area (TPSA) is 49.4 Å². The summed E-state index contributed by atoms with van der Waals surface area (Å²) in [6.45, 7) is 5.59. The van der Waals surface area contributed by atoms with Gasteiger partial charge in [-0.25, -0.2) is 4.39 Å². The first kappa shape index (κ1) is 17.7. The zero-order chi connectivity index (χ0) is 17.7. The Hall–Kier alpha value is -2.69. The van der Waals surface area contributed by atoms with E-state index in [-0.39, 0.29) is 30.7 Å². The molecule has 0 spiro atoms. The first-order valence-electron chi connectivity index (χ1n) is 7.72. The smallest absolute Gasteiger partial charge is 0.244 e. The number of benzene rings is 2. The molecule has 5 heteroatoms. The molecule has 2 aromatic rings. The van der Waals surface area contributed by atoms with E-state index in [4.69, 9.17) is 0 Å². The number of nitrogens with one attached hydrogen (secondary N) is 1. The predicted octanol–water partition coefficient (Wildman–Crippen LogP) is 3.43. The molecule has 2 aromatic carbocycles. The molecule has 2 amide bonds. The standard InChI is InChI=1S/C19H21FN2O2/c1-13-4-9-18(10-14(13)2)21-19(24)12-22(15(3)23)11-16-5-7-17(20)8-6-16/h4-10H,11-12H2,1-3H3,(H,21,24). The highest BCUT2D eigenvalue weighted by Gasteiger charge is 2.14. The maximum absolute atomic E-state index is 13.0. The number of nitrogens with zero attached hydrogens (tertiary/aromatic N) is 1. The van der Waals surface area contributed by atoms with Crippen molar-refractivity contribution in [3.8, 4) is 0 Å². The number of aryl methyl sites for hydroxylation is 2. The van der Waals surface area contributed by atoms with E-state index in [1.165, 1.54) is 24.0 Å². The maximum Gasteiger partial charge on any atom is 0.244 e. The summed E-state index contributed by atoms with van der Waals surface area (Å²) in [6.07, 6.45) is 0. The van der Waals surface area contributed by atoms with Crippen molar-refractivity contribution in [1.29, 1.82) is 0 Å². The van der Waals surface area contributed by atoms with Gasteiger partial charge in [0.05, 0.1) is 0 Å². The number of halogens is 1. The lowest BCUT2D eigenvalue weighted by atomic mass is 10.1. The third kappa shape index (κ3) is 4.91. The van der Waals surface area contributed by atoms with Gasteiger partial charge in [0.15, 0.2) is 0 Å². The van der Waals surface area contributed by atoms with Gasteiger partial charge in [-0.2, -0.15) is 0 Å². The predicted molar refractivity (Wildman–Crippen MR) is 92.0 cm³/mol. The zero-order valence-corrected chi connectivity index (χ0v) is 14.1. The fraction of sp³-hybridized carbons (Fsp3) is 0.263. The largest absolute Gasteiger partial charge is 0.329 e. The highest BCUT2D eigenvalue weighted by Crippen LogP contribution is 2.14. The Labute approximate surface area is 141 Å². The number of amides is 2. The molecule has 1 N–H and O–H groups in total. The molecule has 2 rings (SSSR count). The van der Waals surface area contributed by atoms with E-state index < -0.39 is 0 Å². The van der Waals surface area contributed by atoms with Crippen LogP contribution in [0.25, 0.3) is 0 Å². The Balaban J connectivity index is 2.01. The molecule has 0 aliphatic carbocycles. The van der Waals surface area contributed by atoms with Gasteiger partial charge in [0.1, 0.15) is 12.4 Å². The van der Waals surface area contributed by atoms with E-state index in [2.05, 4.69) is 5.32 Å². The summed E-state index contributed by atoms with van der Waals surface area (Å²) < 4.78 is 13.0. The lowest BCUT2D eigenvalue weighted by molar-refractivity contribution is -0.133. The lowest BCUT2D eigenvalue weighted by Gasteiger charge is -2.21. The third-order valence-electron chi connectivity index (χ3n) is 3.86. The third-order valence-corrected chi connectivity index (χ3v) is 3.86. The number of hydrogen-bond donors (Lipinski definition) is 1. The van der Waals surface area contributed by atoms with Crippen LogP contribution in [-0.4, -0.2) is 23.3 Å². The highest BCUT2D eigenvalue weighted by molar-refractivity contribution is 5.94. The number of carbonyl (C=O) groups is 2. The quantitative estimate of drug-likeness (QED) is 0.914. The minimum Gasteiger partial charge on any atom is -0.329 e. The second-order valence-electron chi connectivity index (χ2n) is 5.85. The van der Waals surface area contributed by atoms with E-state index >= 15 is 0 Å². The van der Waals surface area contributed by atoms with Gasteiger partial charge >= 0.3 is 0 Å². The molecule has 4 nitrogen and oxygen atoms in total. The second kappa shape index (κ2) is 7.73. The summed E-state index contributed by atoms with van der Waals surface area (Å²) in [5, 5.41) is 2.80. The summed E-state index contributed by atoms with van der Waals surface area (Å²) in [7, 11) is 0. The van der Waals surface area contributed by atoms with E-state index in [1.54, 1.807) is 12.1 Å². The van der Waals surface area contributed by atoms with Gasteiger partial charge in [0, 0.05) is 19.2 Å². The van der Waals surface area contributed by atoms with Gasteiger partial charge in [-0.15, -0.1) is 0 Å². The molecule has 0 saturated heterocycles. The van der Waals surface area contributed by atoms with E-state index in [1.807, 2.05) is 32.0 Å². The second-order valence-corrected chi connectivity index (χ2v) is 5.85. The summed E-state index contributed by atoms with van der Waals surface area (Å²) in [6, 6.07) is 11.5. The fourth-order valence-corrected chi connectivity index (χ4v) is 2.28. The van der Waals surface area contributed by atoms with Crippen LogP contribution >= 0.6 is 0 Å². The molecule has 126 valence electrons. The molecular weight excluding hydrogens is 307 g/mol. The molecule has 0 saturated carbocycles. The molecule has 0 fully saturated rings. The Kier molecular flexibility index (Phi) is 5.68. The molecule has 24 heavy (non-hydrogen) atoms. The number of carbonyl (C=O) groups excluding carboxylic acids is 2. The number of anilines is 1. The van der Waals surface area contributed by atoms with Crippen molar-refractivity contribution >= 4 is 17.5 Å². The van der Waals surface area contributed by atoms with Gasteiger partial charge in [0.25, 0.3) is 0 Å². The fourth-order valence-electron chi connectivity index (χ4n) is 2.28. The van der Waals surface area contributed by atoms with Crippen LogP contribution < -0.4 is 5.32 Å². The van der Waals surface area contributed by atoms with Crippen molar-refractivity contribution in [3.05, 3.63) is 65.0 Å². The molecule has 0 unspecified atom stereocenters. The zero-order valence-electron chi connectivity index (χ0n) is 14.1. The molecule has 0 atom stereocenters. The average Bonchev–Trinajstić information content (AvgIpc) is 2.52. The van der Waals surface area contributed by atoms with Gasteiger partial charge in [-0.3, -0.25) is 9.59 Å². The molecule has 0 aliphatic rings. The van der Waals surface area contributed by atoms with Crippen LogP contribution in [0.5, 0.6) is 0 Å². The van der Waals surface area contributed by atoms with E-state index in [9.17, 15) is 14.0 Å². The van der Waals surface area contributed by atoms with E-state index in [0.717, 1.165) is 16.7 Å². The van der Waals surface area contributed by atoms with Crippen LogP contribution in [0, 0.1) is 19.7 Å². The van der Waals surface area contributed by atoms with Crippen molar-refractivity contribution in [2.75, 3.05) is 11.9 Å². The summed E-state index contributed by atoms with van der Waals surface area (Å²) >= 11 is 0. The lowest BCUT2D eigenvalue weighted by Crippen LogP contribution is -2.36. The van der Waals surface area contributed by atoms with Crippen molar-refractivity contribution in [2.45, 2.75) is 27.3 Å². The van der Waals surface area contributed by atoms with Crippen LogP contribution in [0.1, 0.15) is 23.6 Å². The van der Waals surface area contributed by atoms with Crippen molar-refractivity contribution in [2.24, 2.45) is 0 Å². The first-order valence-corrected chi connectivity index (χ1v) is 7.72. The summed E-state index contributed by atoms with van der Waals surface area (Å²) in [5.41, 5.74) is 3.70. The van der Waals surface area contributed by atoms with Crippen LogP contribution in [0.4, 0.5) is 10.1 Å². The van der Waals surface area contributed by atoms with Crippen LogP contribution in [0.2, 0.25) is 0 Å². The molecular formula is C19H21FN2O2. The Morgan fingerprint density at radius 2 is 1.71 bits per heavy atom. The Bertz CT molecular complexity index is 742. The molecule has 0 heterocycles. The first-order chi connectivity index (χ1) is 11.3. The van der Waals surface area contributed by atoms with E-state index in [0.29, 0.717) is 5.69 Å². The summed E-state index contributed by atoms with van der Waals surface area (Å²) in [4.78, 5) is 25.4. The van der Waals surface area contributed by atoms with Gasteiger partial charge < -0.3 is 10.2 Å². The molecule has 0 bridgehead atoms. The van der Waals surface area contributed by atoms with Gasteiger partial charge in [-0.1, -0.05) is 18.2 Å². The molecule has 0 aromatic heterocycles. The van der Waals surface area contributed by atoms with Crippen molar-refractivity contribution < 1.29 is 14.0 Å². The van der Waals surface area contributed by atoms with Crippen LogP contribution in [0.3, 0.4) is 0 Å². The number of hydrogen-bond acceptors (Lipinski definition) is 2. The van der Waals surface area contributed by atoms with Crippen molar-refractivity contribution in [1.82, 2.24) is 4.90 Å². The van der Waals surface area contributed by atoms with Gasteiger partial charge in [-0.05, 0) is 54.8 Å². The SMILES string of the molecule is CC(=O)N(CC(=O)Nc1ccc(C)c(C)c1)Cc1ccc(F)cc1. The Morgan fingerprint density at radius 3 is 2.29 bits per heavy atom. The Morgan fingerprint density at radius 1 is 1.04 bits per heavy atom. The van der Waals surface area contributed by atoms with Crippen LogP contribution in [0.15, 0.2) is 42.5 Å². The highest BCUT2D eigenvalue weighted by atomic mass is 19.1. The molecule has 0 aliphatic heterocycles. The van der Waals surface area contributed by atoms with Crippen molar-refractivity contribution in [3.63, 3.8) is 0 Å². The monoisotopic (exact) mass is 328 g/mol. The normalized spacial score (nSPS) is 10.3. The minimum atomic E-state index is -0.333. The van der Waals surface area contributed by atoms with Crippen LogP contribution in [-0.2, 0) is 16.1 Å². The summed E-state index contributed by atoms with van der Waals surface area (Å²) in [5.74, 6) is -0.814. The average molecular weight is 328 g/mol. The minimum absolute atomic E-state index is 0.0559. The van der Waals surface area contributed by atoms with Gasteiger partial charge in [0.2, 0.25) is 11.8 Å².